The highest BCUT2D eigenvalue weighted by Crippen LogP contribution is 2.11. The van der Waals surface area contributed by atoms with Crippen molar-refractivity contribution in [2.24, 2.45) is 7.05 Å². The number of rotatable bonds is 5. The minimum atomic E-state index is -0.778. The van der Waals surface area contributed by atoms with Crippen molar-refractivity contribution in [2.75, 3.05) is 0 Å². The topological polar surface area (TPSA) is 67.2 Å². The number of carbonyl (C=O) groups is 1. The average Bonchev–Trinajstić information content (AvgIpc) is 2.38. The van der Waals surface area contributed by atoms with Crippen molar-refractivity contribution in [3.63, 3.8) is 0 Å². The molecule has 5 heteroatoms. The lowest BCUT2D eigenvalue weighted by Crippen LogP contribution is -2.28. The average molecular weight is 225 g/mol. The van der Waals surface area contributed by atoms with Crippen molar-refractivity contribution < 1.29 is 9.90 Å². The first-order valence-electron chi connectivity index (χ1n) is 5.36. The van der Waals surface area contributed by atoms with Crippen LogP contribution in [-0.2, 0) is 18.4 Å². The van der Waals surface area contributed by atoms with E-state index in [1.165, 1.54) is 0 Å². The van der Waals surface area contributed by atoms with Crippen LogP contribution in [0.25, 0.3) is 0 Å². The van der Waals surface area contributed by atoms with E-state index in [-0.39, 0.29) is 12.5 Å². The highest BCUT2D eigenvalue weighted by molar-refractivity contribution is 5.67. The van der Waals surface area contributed by atoms with Gasteiger partial charge in [-0.15, -0.1) is 0 Å². The van der Waals surface area contributed by atoms with Crippen molar-refractivity contribution in [2.45, 2.75) is 39.8 Å². The molecule has 2 N–H and O–H groups in total. The molecule has 0 aromatic carbocycles. The Hall–Kier alpha value is -1.36. The number of nitrogens with one attached hydrogen (secondary N) is 1. The summed E-state index contributed by atoms with van der Waals surface area (Å²) in [4.78, 5) is 10.5. The second kappa shape index (κ2) is 5.12. The summed E-state index contributed by atoms with van der Waals surface area (Å²) in [5.41, 5.74) is 3.27. The van der Waals surface area contributed by atoms with Crippen LogP contribution < -0.4 is 5.32 Å². The third-order valence-electron chi connectivity index (χ3n) is 2.77. The zero-order chi connectivity index (χ0) is 12.3. The van der Waals surface area contributed by atoms with Crippen LogP contribution in [-0.4, -0.2) is 26.9 Å². The summed E-state index contributed by atoms with van der Waals surface area (Å²) in [5, 5.41) is 16.1. The third-order valence-corrected chi connectivity index (χ3v) is 2.77. The molecule has 1 rings (SSSR count). The van der Waals surface area contributed by atoms with Gasteiger partial charge in [0.2, 0.25) is 0 Å². The number of carboxylic acid groups (broad SMARTS) is 1. The van der Waals surface area contributed by atoms with Crippen LogP contribution >= 0.6 is 0 Å². The molecule has 1 unspecified atom stereocenters. The quantitative estimate of drug-likeness (QED) is 0.784. The number of hydrogen-bond acceptors (Lipinski definition) is 3. The van der Waals surface area contributed by atoms with Gasteiger partial charge in [-0.3, -0.25) is 9.48 Å². The minimum absolute atomic E-state index is 0.0310. The second-order valence-electron chi connectivity index (χ2n) is 4.15. The van der Waals surface area contributed by atoms with Crippen molar-refractivity contribution in [3.8, 4) is 0 Å². The van der Waals surface area contributed by atoms with Gasteiger partial charge in [-0.2, -0.15) is 5.10 Å². The van der Waals surface area contributed by atoms with Crippen LogP contribution in [0.15, 0.2) is 0 Å². The zero-order valence-electron chi connectivity index (χ0n) is 10.2. The van der Waals surface area contributed by atoms with Gasteiger partial charge in [-0.1, -0.05) is 0 Å². The van der Waals surface area contributed by atoms with E-state index < -0.39 is 5.97 Å². The normalized spacial score (nSPS) is 12.8. The predicted molar refractivity (Wildman–Crippen MR) is 61.2 cm³/mol. The van der Waals surface area contributed by atoms with Crippen LogP contribution in [0.3, 0.4) is 0 Å². The maximum atomic E-state index is 10.5. The highest BCUT2D eigenvalue weighted by Gasteiger charge is 2.11. The number of hydrogen-bond donors (Lipinski definition) is 2. The first-order valence-corrected chi connectivity index (χ1v) is 5.36. The molecule has 90 valence electrons. The SMILES string of the molecule is Cc1nn(C)c(C)c1CNC(C)CC(=O)O. The van der Waals surface area contributed by atoms with E-state index in [1.54, 1.807) is 0 Å². The Balaban J connectivity index is 2.57. The Morgan fingerprint density at radius 1 is 1.56 bits per heavy atom. The van der Waals surface area contributed by atoms with E-state index in [0.717, 1.165) is 17.0 Å². The second-order valence-corrected chi connectivity index (χ2v) is 4.15. The van der Waals surface area contributed by atoms with Crippen LogP contribution in [0, 0.1) is 13.8 Å². The third kappa shape index (κ3) is 3.06. The van der Waals surface area contributed by atoms with Crippen LogP contribution in [0.2, 0.25) is 0 Å². The fourth-order valence-electron chi connectivity index (χ4n) is 1.68. The summed E-state index contributed by atoms with van der Waals surface area (Å²) >= 11 is 0. The number of aryl methyl sites for hydroxylation is 2. The lowest BCUT2D eigenvalue weighted by Gasteiger charge is -2.11. The first kappa shape index (κ1) is 12.7. The zero-order valence-corrected chi connectivity index (χ0v) is 10.2. The van der Waals surface area contributed by atoms with Crippen LogP contribution in [0.5, 0.6) is 0 Å². The van der Waals surface area contributed by atoms with Gasteiger partial charge in [0.05, 0.1) is 12.1 Å². The predicted octanol–water partition coefficient (Wildman–Crippen LogP) is 0.990. The lowest BCUT2D eigenvalue weighted by atomic mass is 10.1. The summed E-state index contributed by atoms with van der Waals surface area (Å²) < 4.78 is 1.84. The Morgan fingerprint density at radius 2 is 2.19 bits per heavy atom. The monoisotopic (exact) mass is 225 g/mol. The molecule has 1 atom stereocenters. The van der Waals surface area contributed by atoms with Gasteiger partial charge in [0.25, 0.3) is 0 Å². The molecule has 0 aliphatic heterocycles. The van der Waals surface area contributed by atoms with Crippen molar-refractivity contribution in [3.05, 3.63) is 17.0 Å². The molecule has 0 saturated carbocycles. The Bertz CT molecular complexity index is 385. The van der Waals surface area contributed by atoms with E-state index in [9.17, 15) is 4.79 Å². The molecule has 5 nitrogen and oxygen atoms in total. The minimum Gasteiger partial charge on any atom is -0.481 e. The maximum Gasteiger partial charge on any atom is 0.304 e. The molecule has 0 bridgehead atoms. The fraction of sp³-hybridized carbons (Fsp3) is 0.636. The van der Waals surface area contributed by atoms with Gasteiger partial charge in [0.1, 0.15) is 0 Å². The standard InChI is InChI=1S/C11H19N3O2/c1-7(5-11(15)16)12-6-10-8(2)13-14(4)9(10)3/h7,12H,5-6H2,1-4H3,(H,15,16). The van der Waals surface area contributed by atoms with Gasteiger partial charge in [0, 0.05) is 30.9 Å². The molecule has 0 amide bonds. The molecular formula is C11H19N3O2. The van der Waals surface area contributed by atoms with Crippen molar-refractivity contribution >= 4 is 5.97 Å². The first-order chi connectivity index (χ1) is 7.41. The van der Waals surface area contributed by atoms with Crippen molar-refractivity contribution in [1.29, 1.82) is 0 Å². The number of aliphatic carboxylic acids is 1. The smallest absolute Gasteiger partial charge is 0.304 e. The fourth-order valence-corrected chi connectivity index (χ4v) is 1.68. The highest BCUT2D eigenvalue weighted by atomic mass is 16.4. The molecule has 0 radical (unpaired) electrons. The maximum absolute atomic E-state index is 10.5. The van der Waals surface area contributed by atoms with E-state index in [4.69, 9.17) is 5.11 Å². The van der Waals surface area contributed by atoms with E-state index in [0.29, 0.717) is 6.54 Å². The lowest BCUT2D eigenvalue weighted by molar-refractivity contribution is -0.137. The molecule has 0 saturated heterocycles. The van der Waals surface area contributed by atoms with Gasteiger partial charge in [0.15, 0.2) is 0 Å². The van der Waals surface area contributed by atoms with E-state index >= 15 is 0 Å². The largest absolute Gasteiger partial charge is 0.481 e. The van der Waals surface area contributed by atoms with Gasteiger partial charge in [-0.05, 0) is 20.8 Å². The number of aromatic nitrogens is 2. The van der Waals surface area contributed by atoms with Crippen LogP contribution in [0.4, 0.5) is 0 Å². The molecule has 0 fully saturated rings. The van der Waals surface area contributed by atoms with Gasteiger partial charge in [-0.25, -0.2) is 0 Å². The Morgan fingerprint density at radius 3 is 2.62 bits per heavy atom. The van der Waals surface area contributed by atoms with Crippen LogP contribution in [0.1, 0.15) is 30.3 Å². The molecule has 0 aliphatic carbocycles. The molecule has 1 aromatic heterocycles. The molecule has 0 aliphatic rings. The summed E-state index contributed by atoms with van der Waals surface area (Å²) in [6.45, 7) is 6.51. The summed E-state index contributed by atoms with van der Waals surface area (Å²) in [6, 6.07) is -0.0310. The molecule has 1 heterocycles. The molecule has 16 heavy (non-hydrogen) atoms. The molecular weight excluding hydrogens is 206 g/mol. The van der Waals surface area contributed by atoms with E-state index in [1.807, 2.05) is 32.5 Å². The summed E-state index contributed by atoms with van der Waals surface area (Å²) in [5.74, 6) is -0.778. The molecule has 0 spiro atoms. The van der Waals surface area contributed by atoms with Crippen molar-refractivity contribution in [1.82, 2.24) is 15.1 Å². The Kier molecular flexibility index (Phi) is 4.06. The van der Waals surface area contributed by atoms with Gasteiger partial charge >= 0.3 is 5.97 Å². The molecule has 1 aromatic rings. The summed E-state index contributed by atoms with van der Waals surface area (Å²) in [6.07, 6.45) is 0.137. The van der Waals surface area contributed by atoms with Gasteiger partial charge < -0.3 is 10.4 Å². The number of nitrogens with zero attached hydrogens (tertiary/aromatic N) is 2. The number of carboxylic acids is 1. The summed E-state index contributed by atoms with van der Waals surface area (Å²) in [7, 11) is 1.91. The Labute approximate surface area is 95.5 Å². The van der Waals surface area contributed by atoms with E-state index in [2.05, 4.69) is 10.4 Å².